The standard InChI is InChI=1S/C16H16Cl2O/c1-10-6-11(2)8-12(7-10)16(3,19)14-9-13(17)4-5-15(14)18/h4-9,19H,1-3H3. The number of hydrogen-bond donors (Lipinski definition) is 1. The van der Waals surface area contributed by atoms with Crippen LogP contribution in [0.2, 0.25) is 10.0 Å². The zero-order chi connectivity index (χ0) is 14.2. The monoisotopic (exact) mass is 294 g/mol. The first-order chi connectivity index (χ1) is 8.80. The molecule has 0 bridgehead atoms. The Morgan fingerprint density at radius 3 is 2.11 bits per heavy atom. The highest BCUT2D eigenvalue weighted by Gasteiger charge is 2.28. The van der Waals surface area contributed by atoms with E-state index in [2.05, 4.69) is 6.07 Å². The fourth-order valence-corrected chi connectivity index (χ4v) is 2.76. The molecule has 1 nitrogen and oxygen atoms in total. The molecule has 0 aliphatic rings. The van der Waals surface area contributed by atoms with Crippen molar-refractivity contribution in [1.29, 1.82) is 0 Å². The molecule has 1 unspecified atom stereocenters. The number of hydrogen-bond acceptors (Lipinski definition) is 1. The summed E-state index contributed by atoms with van der Waals surface area (Å²) in [6.45, 7) is 5.75. The predicted octanol–water partition coefficient (Wildman–Crippen LogP) is 4.87. The van der Waals surface area contributed by atoms with E-state index in [0.29, 0.717) is 15.6 Å². The molecule has 0 aliphatic carbocycles. The number of halogens is 2. The Kier molecular flexibility index (Phi) is 3.91. The van der Waals surface area contributed by atoms with E-state index in [0.717, 1.165) is 16.7 Å². The minimum absolute atomic E-state index is 0.508. The Bertz CT molecular complexity index is 598. The van der Waals surface area contributed by atoms with Crippen LogP contribution in [0, 0.1) is 13.8 Å². The van der Waals surface area contributed by atoms with Crippen LogP contribution < -0.4 is 0 Å². The average Bonchev–Trinajstić information content (AvgIpc) is 2.31. The molecule has 0 saturated carbocycles. The molecule has 100 valence electrons. The van der Waals surface area contributed by atoms with Gasteiger partial charge in [0.1, 0.15) is 5.60 Å². The quantitative estimate of drug-likeness (QED) is 0.838. The van der Waals surface area contributed by atoms with E-state index in [9.17, 15) is 5.11 Å². The van der Waals surface area contributed by atoms with Gasteiger partial charge in [0, 0.05) is 15.6 Å². The first kappa shape index (κ1) is 14.4. The zero-order valence-electron chi connectivity index (χ0n) is 11.2. The molecule has 1 N–H and O–H groups in total. The number of rotatable bonds is 2. The second-order valence-electron chi connectivity index (χ2n) is 5.07. The van der Waals surface area contributed by atoms with E-state index in [-0.39, 0.29) is 0 Å². The molecule has 2 aromatic rings. The van der Waals surface area contributed by atoms with Crippen molar-refractivity contribution in [3.8, 4) is 0 Å². The Morgan fingerprint density at radius 1 is 0.947 bits per heavy atom. The van der Waals surface area contributed by atoms with Crippen LogP contribution in [0.15, 0.2) is 36.4 Å². The van der Waals surface area contributed by atoms with Crippen LogP contribution in [0.5, 0.6) is 0 Å². The van der Waals surface area contributed by atoms with Gasteiger partial charge in [-0.15, -0.1) is 0 Å². The first-order valence-corrected chi connectivity index (χ1v) is 6.83. The molecule has 0 fully saturated rings. The molecule has 0 saturated heterocycles. The summed E-state index contributed by atoms with van der Waals surface area (Å²) >= 11 is 12.2. The van der Waals surface area contributed by atoms with Crippen molar-refractivity contribution in [3.63, 3.8) is 0 Å². The van der Waals surface area contributed by atoms with E-state index in [4.69, 9.17) is 23.2 Å². The third-order valence-corrected chi connectivity index (χ3v) is 3.80. The summed E-state index contributed by atoms with van der Waals surface area (Å²) in [5, 5.41) is 11.9. The lowest BCUT2D eigenvalue weighted by Gasteiger charge is -2.26. The molecule has 0 spiro atoms. The van der Waals surface area contributed by atoms with Crippen LogP contribution in [0.3, 0.4) is 0 Å². The molecule has 19 heavy (non-hydrogen) atoms. The van der Waals surface area contributed by atoms with E-state index >= 15 is 0 Å². The van der Waals surface area contributed by atoms with Gasteiger partial charge >= 0.3 is 0 Å². The van der Waals surface area contributed by atoms with Crippen LogP contribution in [0.25, 0.3) is 0 Å². The minimum atomic E-state index is -1.17. The number of aliphatic hydroxyl groups is 1. The molecule has 0 heterocycles. The van der Waals surface area contributed by atoms with Gasteiger partial charge in [0.05, 0.1) is 0 Å². The maximum absolute atomic E-state index is 10.9. The summed E-state index contributed by atoms with van der Waals surface area (Å²) in [6, 6.07) is 11.1. The molecule has 2 rings (SSSR count). The van der Waals surface area contributed by atoms with Gasteiger partial charge in [-0.1, -0.05) is 52.5 Å². The van der Waals surface area contributed by atoms with E-state index in [1.807, 2.05) is 26.0 Å². The summed E-state index contributed by atoms with van der Waals surface area (Å²) in [4.78, 5) is 0. The minimum Gasteiger partial charge on any atom is -0.381 e. The van der Waals surface area contributed by atoms with Gasteiger partial charge in [-0.2, -0.15) is 0 Å². The fourth-order valence-electron chi connectivity index (χ4n) is 2.28. The Labute approximate surface area is 123 Å². The molecule has 0 amide bonds. The maximum Gasteiger partial charge on any atom is 0.113 e. The van der Waals surface area contributed by atoms with Crippen molar-refractivity contribution in [2.24, 2.45) is 0 Å². The molecule has 0 aromatic heterocycles. The van der Waals surface area contributed by atoms with Gasteiger partial charge < -0.3 is 5.11 Å². The lowest BCUT2D eigenvalue weighted by molar-refractivity contribution is 0.102. The lowest BCUT2D eigenvalue weighted by Crippen LogP contribution is -2.23. The van der Waals surface area contributed by atoms with E-state index < -0.39 is 5.60 Å². The van der Waals surface area contributed by atoms with E-state index in [1.54, 1.807) is 25.1 Å². The second-order valence-corrected chi connectivity index (χ2v) is 5.92. The average molecular weight is 295 g/mol. The zero-order valence-corrected chi connectivity index (χ0v) is 12.7. The summed E-state index contributed by atoms with van der Waals surface area (Å²) in [7, 11) is 0. The summed E-state index contributed by atoms with van der Waals surface area (Å²) in [5.74, 6) is 0. The summed E-state index contributed by atoms with van der Waals surface area (Å²) < 4.78 is 0. The van der Waals surface area contributed by atoms with Crippen LogP contribution >= 0.6 is 23.2 Å². The maximum atomic E-state index is 10.9. The van der Waals surface area contributed by atoms with Crippen molar-refractivity contribution < 1.29 is 5.11 Å². The lowest BCUT2D eigenvalue weighted by atomic mass is 9.86. The Hall–Kier alpha value is -1.02. The van der Waals surface area contributed by atoms with Crippen molar-refractivity contribution in [2.75, 3.05) is 0 Å². The fraction of sp³-hybridized carbons (Fsp3) is 0.250. The molecular weight excluding hydrogens is 279 g/mol. The van der Waals surface area contributed by atoms with Gasteiger partial charge in [-0.3, -0.25) is 0 Å². The molecule has 1 atom stereocenters. The number of aryl methyl sites for hydroxylation is 2. The molecule has 0 aliphatic heterocycles. The normalized spacial score (nSPS) is 14.2. The highest BCUT2D eigenvalue weighted by atomic mass is 35.5. The third kappa shape index (κ3) is 2.94. The van der Waals surface area contributed by atoms with Gasteiger partial charge in [0.2, 0.25) is 0 Å². The van der Waals surface area contributed by atoms with Crippen molar-refractivity contribution in [3.05, 3.63) is 68.7 Å². The molecule has 0 radical (unpaired) electrons. The largest absolute Gasteiger partial charge is 0.381 e. The second kappa shape index (κ2) is 5.16. The summed E-state index contributed by atoms with van der Waals surface area (Å²) in [5.41, 5.74) is 2.47. The highest BCUT2D eigenvalue weighted by molar-refractivity contribution is 6.33. The third-order valence-electron chi connectivity index (χ3n) is 3.24. The van der Waals surface area contributed by atoms with Crippen molar-refractivity contribution in [2.45, 2.75) is 26.4 Å². The Balaban J connectivity index is 2.60. The van der Waals surface area contributed by atoms with Crippen LogP contribution in [-0.2, 0) is 5.60 Å². The van der Waals surface area contributed by atoms with Gasteiger partial charge in [-0.05, 0) is 44.5 Å². The van der Waals surface area contributed by atoms with E-state index in [1.165, 1.54) is 0 Å². The van der Waals surface area contributed by atoms with Crippen molar-refractivity contribution >= 4 is 23.2 Å². The summed E-state index contributed by atoms with van der Waals surface area (Å²) in [6.07, 6.45) is 0. The molecule has 2 aromatic carbocycles. The molecular formula is C16H16Cl2O. The molecule has 3 heteroatoms. The first-order valence-electron chi connectivity index (χ1n) is 6.07. The topological polar surface area (TPSA) is 20.2 Å². The van der Waals surface area contributed by atoms with Crippen LogP contribution in [0.4, 0.5) is 0 Å². The number of benzene rings is 2. The highest BCUT2D eigenvalue weighted by Crippen LogP contribution is 2.36. The van der Waals surface area contributed by atoms with Gasteiger partial charge in [0.25, 0.3) is 0 Å². The SMILES string of the molecule is Cc1cc(C)cc(C(C)(O)c2cc(Cl)ccc2Cl)c1. The van der Waals surface area contributed by atoms with Gasteiger partial charge in [0.15, 0.2) is 0 Å². The predicted molar refractivity (Wildman–Crippen MR) is 81.1 cm³/mol. The van der Waals surface area contributed by atoms with Gasteiger partial charge in [-0.25, -0.2) is 0 Å². The van der Waals surface area contributed by atoms with Crippen LogP contribution in [0.1, 0.15) is 29.2 Å². The Morgan fingerprint density at radius 2 is 1.53 bits per heavy atom. The smallest absolute Gasteiger partial charge is 0.113 e. The van der Waals surface area contributed by atoms with Crippen LogP contribution in [-0.4, -0.2) is 5.11 Å². The van der Waals surface area contributed by atoms with Crippen molar-refractivity contribution in [1.82, 2.24) is 0 Å².